The molecular formula is C16H33IN4. The summed E-state index contributed by atoms with van der Waals surface area (Å²) in [6, 6.07) is 0.555. The van der Waals surface area contributed by atoms with Gasteiger partial charge >= 0.3 is 0 Å². The van der Waals surface area contributed by atoms with Gasteiger partial charge in [0.05, 0.1) is 0 Å². The van der Waals surface area contributed by atoms with Gasteiger partial charge < -0.3 is 16.0 Å². The molecule has 0 aromatic rings. The van der Waals surface area contributed by atoms with E-state index in [-0.39, 0.29) is 24.0 Å². The van der Waals surface area contributed by atoms with Crippen molar-refractivity contribution in [3.8, 4) is 0 Å². The summed E-state index contributed by atoms with van der Waals surface area (Å²) < 4.78 is 0. The molecule has 124 valence electrons. The second-order valence-electron chi connectivity index (χ2n) is 6.46. The lowest BCUT2D eigenvalue weighted by atomic mass is 9.98. The number of nitrogens with zero attached hydrogens (tertiary/aromatic N) is 2. The minimum absolute atomic E-state index is 0. The van der Waals surface area contributed by atoms with Crippen molar-refractivity contribution in [2.24, 2.45) is 16.6 Å². The summed E-state index contributed by atoms with van der Waals surface area (Å²) in [5, 5.41) is 3.44. The number of guanidine groups is 1. The monoisotopic (exact) mass is 408 g/mol. The van der Waals surface area contributed by atoms with Gasteiger partial charge in [0.15, 0.2) is 5.96 Å². The Morgan fingerprint density at radius 3 is 2.52 bits per heavy atom. The number of nitrogens with two attached hydrogens (primary N) is 1. The molecule has 1 saturated carbocycles. The zero-order chi connectivity index (χ0) is 14.2. The summed E-state index contributed by atoms with van der Waals surface area (Å²) in [6.45, 7) is 6.74. The molecule has 0 aromatic carbocycles. The molecule has 3 N–H and O–H groups in total. The molecule has 1 unspecified atom stereocenters. The quantitative estimate of drug-likeness (QED) is 0.326. The van der Waals surface area contributed by atoms with Crippen LogP contribution in [-0.2, 0) is 0 Å². The fraction of sp³-hybridized carbons (Fsp3) is 0.938. The lowest BCUT2D eigenvalue weighted by molar-refractivity contribution is 0.186. The van der Waals surface area contributed by atoms with Gasteiger partial charge in [0.25, 0.3) is 0 Å². The molecule has 0 radical (unpaired) electrons. The first-order valence-corrected chi connectivity index (χ1v) is 8.56. The topological polar surface area (TPSA) is 53.6 Å². The molecule has 2 rings (SSSR count). The zero-order valence-corrected chi connectivity index (χ0v) is 15.9. The maximum absolute atomic E-state index is 6.07. The Morgan fingerprint density at radius 2 is 1.86 bits per heavy atom. The van der Waals surface area contributed by atoms with Gasteiger partial charge in [0.2, 0.25) is 0 Å². The third kappa shape index (κ3) is 7.17. The minimum Gasteiger partial charge on any atom is -0.370 e. The molecule has 0 aromatic heterocycles. The number of nitrogens with one attached hydrogen (secondary N) is 1. The fourth-order valence-corrected chi connectivity index (χ4v) is 3.49. The molecule has 0 bridgehead atoms. The van der Waals surface area contributed by atoms with Crippen molar-refractivity contribution in [2.45, 2.75) is 64.3 Å². The van der Waals surface area contributed by atoms with Crippen molar-refractivity contribution < 1.29 is 0 Å². The van der Waals surface area contributed by atoms with Gasteiger partial charge in [0, 0.05) is 19.1 Å². The lowest BCUT2D eigenvalue weighted by Gasteiger charge is -2.31. The van der Waals surface area contributed by atoms with Crippen LogP contribution in [0.3, 0.4) is 0 Å². The van der Waals surface area contributed by atoms with Crippen molar-refractivity contribution in [1.29, 1.82) is 0 Å². The summed E-state index contributed by atoms with van der Waals surface area (Å²) in [5.74, 6) is 1.36. The molecular weight excluding hydrogens is 375 g/mol. The van der Waals surface area contributed by atoms with Crippen molar-refractivity contribution >= 4 is 29.9 Å². The first kappa shape index (κ1) is 19.0. The van der Waals surface area contributed by atoms with Gasteiger partial charge in [-0.05, 0) is 44.7 Å². The van der Waals surface area contributed by atoms with E-state index in [0.29, 0.717) is 17.9 Å². The van der Waals surface area contributed by atoms with Crippen LogP contribution in [0.2, 0.25) is 0 Å². The lowest BCUT2D eigenvalue weighted by Crippen LogP contribution is -2.41. The van der Waals surface area contributed by atoms with Crippen LogP contribution in [0, 0.1) is 5.92 Å². The molecule has 1 aliphatic heterocycles. The highest BCUT2D eigenvalue weighted by molar-refractivity contribution is 14.0. The number of likely N-dealkylation sites (tertiary alicyclic amines) is 1. The normalized spacial score (nSPS) is 26.0. The number of aliphatic imine (C=N–C) groups is 1. The van der Waals surface area contributed by atoms with Crippen molar-refractivity contribution in [1.82, 2.24) is 10.2 Å². The molecule has 2 aliphatic rings. The molecule has 1 aliphatic carbocycles. The number of halogens is 1. The number of piperidine rings is 1. The minimum atomic E-state index is 0. The second kappa shape index (κ2) is 10.6. The molecule has 1 saturated heterocycles. The van der Waals surface area contributed by atoms with Crippen LogP contribution in [0.4, 0.5) is 0 Å². The van der Waals surface area contributed by atoms with Gasteiger partial charge in [-0.1, -0.05) is 32.6 Å². The van der Waals surface area contributed by atoms with E-state index in [2.05, 4.69) is 22.1 Å². The average Bonchev–Trinajstić information content (AvgIpc) is 2.74. The highest BCUT2D eigenvalue weighted by atomic mass is 127. The summed E-state index contributed by atoms with van der Waals surface area (Å²) in [6.07, 6.45) is 10.5. The predicted octanol–water partition coefficient (Wildman–Crippen LogP) is 2.96. The van der Waals surface area contributed by atoms with E-state index >= 15 is 0 Å². The van der Waals surface area contributed by atoms with E-state index in [0.717, 1.165) is 13.1 Å². The van der Waals surface area contributed by atoms with Gasteiger partial charge in [-0.2, -0.15) is 0 Å². The average molecular weight is 408 g/mol. The first-order chi connectivity index (χ1) is 9.78. The van der Waals surface area contributed by atoms with Crippen molar-refractivity contribution in [2.75, 3.05) is 26.2 Å². The largest absolute Gasteiger partial charge is 0.370 e. The Morgan fingerprint density at radius 1 is 1.14 bits per heavy atom. The molecule has 1 atom stereocenters. The van der Waals surface area contributed by atoms with Crippen molar-refractivity contribution in [3.63, 3.8) is 0 Å². The Balaban J connectivity index is 0.00000220. The number of rotatable bonds is 4. The highest BCUT2D eigenvalue weighted by Crippen LogP contribution is 2.18. The Hall–Kier alpha value is -0.0400. The molecule has 5 heteroatoms. The SMILES string of the molecule is CCN1CCCC(CN=C(N)NC2CCCCCC2)C1.I. The maximum Gasteiger partial charge on any atom is 0.188 e. The van der Waals surface area contributed by atoms with Gasteiger partial charge in [-0.3, -0.25) is 4.99 Å². The van der Waals surface area contributed by atoms with E-state index in [9.17, 15) is 0 Å². The predicted molar refractivity (Wildman–Crippen MR) is 101 cm³/mol. The zero-order valence-electron chi connectivity index (χ0n) is 13.5. The Labute approximate surface area is 147 Å². The van der Waals surface area contributed by atoms with Crippen LogP contribution in [-0.4, -0.2) is 43.1 Å². The number of hydrogen-bond acceptors (Lipinski definition) is 2. The number of hydrogen-bond donors (Lipinski definition) is 2. The third-order valence-corrected chi connectivity index (χ3v) is 4.78. The Bertz CT molecular complexity index is 301. The van der Waals surface area contributed by atoms with E-state index in [1.165, 1.54) is 64.5 Å². The van der Waals surface area contributed by atoms with Gasteiger partial charge in [-0.25, -0.2) is 0 Å². The highest BCUT2D eigenvalue weighted by Gasteiger charge is 2.18. The summed E-state index contributed by atoms with van der Waals surface area (Å²) >= 11 is 0. The molecule has 1 heterocycles. The van der Waals surface area contributed by atoms with Gasteiger partial charge in [-0.15, -0.1) is 24.0 Å². The van der Waals surface area contributed by atoms with Crippen LogP contribution in [0.1, 0.15) is 58.3 Å². The van der Waals surface area contributed by atoms with E-state index < -0.39 is 0 Å². The molecule has 21 heavy (non-hydrogen) atoms. The molecule has 0 amide bonds. The van der Waals surface area contributed by atoms with Crippen LogP contribution in [0.5, 0.6) is 0 Å². The van der Waals surface area contributed by atoms with Gasteiger partial charge in [0.1, 0.15) is 0 Å². The molecule has 0 spiro atoms. The smallest absolute Gasteiger partial charge is 0.188 e. The standard InChI is InChI=1S/C16H32N4.HI/c1-2-20-11-7-8-14(13-20)12-18-16(17)19-15-9-5-3-4-6-10-15;/h14-15H,2-13H2,1H3,(H3,17,18,19);1H. The summed E-state index contributed by atoms with van der Waals surface area (Å²) in [5.41, 5.74) is 6.07. The summed E-state index contributed by atoms with van der Waals surface area (Å²) in [7, 11) is 0. The van der Waals surface area contributed by atoms with Crippen LogP contribution < -0.4 is 11.1 Å². The third-order valence-electron chi connectivity index (χ3n) is 4.78. The Kier molecular flexibility index (Phi) is 9.64. The fourth-order valence-electron chi connectivity index (χ4n) is 3.49. The van der Waals surface area contributed by atoms with E-state index in [1.54, 1.807) is 0 Å². The molecule has 4 nitrogen and oxygen atoms in total. The van der Waals surface area contributed by atoms with Crippen molar-refractivity contribution in [3.05, 3.63) is 0 Å². The maximum atomic E-state index is 6.07. The van der Waals surface area contributed by atoms with Crippen LogP contribution >= 0.6 is 24.0 Å². The molecule has 2 fully saturated rings. The summed E-state index contributed by atoms with van der Waals surface area (Å²) in [4.78, 5) is 7.12. The second-order valence-corrected chi connectivity index (χ2v) is 6.46. The van der Waals surface area contributed by atoms with E-state index in [4.69, 9.17) is 5.73 Å². The van der Waals surface area contributed by atoms with Crippen LogP contribution in [0.25, 0.3) is 0 Å². The van der Waals surface area contributed by atoms with Crippen LogP contribution in [0.15, 0.2) is 4.99 Å². The van der Waals surface area contributed by atoms with E-state index in [1.807, 2.05) is 0 Å². The first-order valence-electron chi connectivity index (χ1n) is 8.56.